The largest absolute Gasteiger partial charge is 0.454 e. The summed E-state index contributed by atoms with van der Waals surface area (Å²) in [6.45, 7) is 5.43. The number of rotatable bonds is 7. The normalized spacial score (nSPS) is 18.4. The molecule has 0 unspecified atom stereocenters. The van der Waals surface area contributed by atoms with Crippen molar-refractivity contribution in [3.63, 3.8) is 0 Å². The van der Waals surface area contributed by atoms with E-state index in [0.717, 1.165) is 48.3 Å². The third-order valence-electron chi connectivity index (χ3n) is 6.40. The van der Waals surface area contributed by atoms with Gasteiger partial charge in [0.25, 0.3) is 0 Å². The highest BCUT2D eigenvalue weighted by atomic mass is 16.7. The summed E-state index contributed by atoms with van der Waals surface area (Å²) in [6.07, 6.45) is 4.82. The molecule has 6 heteroatoms. The lowest BCUT2D eigenvalue weighted by Gasteiger charge is -2.32. The Morgan fingerprint density at radius 2 is 1.94 bits per heavy atom. The number of ether oxygens (including phenoxy) is 2. The van der Waals surface area contributed by atoms with Crippen LogP contribution in [0.4, 0.5) is 0 Å². The van der Waals surface area contributed by atoms with Gasteiger partial charge in [-0.05, 0) is 63.2 Å². The zero-order chi connectivity index (χ0) is 21.9. The van der Waals surface area contributed by atoms with E-state index in [1.807, 2.05) is 12.1 Å². The van der Waals surface area contributed by atoms with Gasteiger partial charge in [0.05, 0.1) is 12.2 Å². The molecule has 32 heavy (non-hydrogen) atoms. The molecule has 5 rings (SSSR count). The molecule has 3 heterocycles. The Balaban J connectivity index is 1.39. The first-order valence-corrected chi connectivity index (χ1v) is 11.5. The van der Waals surface area contributed by atoms with E-state index in [-0.39, 0.29) is 6.79 Å². The summed E-state index contributed by atoms with van der Waals surface area (Å²) in [5, 5.41) is 5.00. The van der Waals surface area contributed by atoms with Crippen LogP contribution >= 0.6 is 0 Å². The fourth-order valence-corrected chi connectivity index (χ4v) is 4.94. The van der Waals surface area contributed by atoms with Crippen molar-refractivity contribution in [1.82, 2.24) is 19.6 Å². The van der Waals surface area contributed by atoms with Crippen LogP contribution in [-0.2, 0) is 13.1 Å². The Hall–Kier alpha value is -2.83. The molecule has 0 amide bonds. The molecule has 0 saturated carbocycles. The zero-order valence-corrected chi connectivity index (χ0v) is 19.0. The molecule has 168 valence electrons. The van der Waals surface area contributed by atoms with Gasteiger partial charge in [-0.3, -0.25) is 4.68 Å². The Kier molecular flexibility index (Phi) is 6.14. The van der Waals surface area contributed by atoms with Crippen LogP contribution in [0, 0.1) is 5.92 Å². The second kappa shape index (κ2) is 9.35. The molecular weight excluding hydrogens is 400 g/mol. The van der Waals surface area contributed by atoms with E-state index >= 15 is 0 Å². The molecule has 0 spiro atoms. The molecule has 1 fully saturated rings. The molecule has 2 aliphatic heterocycles. The van der Waals surface area contributed by atoms with Gasteiger partial charge < -0.3 is 19.3 Å². The number of hydrogen-bond acceptors (Lipinski definition) is 5. The molecular formula is C26H32N4O2. The quantitative estimate of drug-likeness (QED) is 0.562. The Morgan fingerprint density at radius 1 is 1.09 bits per heavy atom. The molecule has 6 nitrogen and oxygen atoms in total. The minimum absolute atomic E-state index is 0.284. The van der Waals surface area contributed by atoms with E-state index in [4.69, 9.17) is 14.6 Å². The van der Waals surface area contributed by atoms with E-state index in [1.54, 1.807) is 0 Å². The van der Waals surface area contributed by atoms with Crippen molar-refractivity contribution in [3.8, 4) is 22.8 Å². The lowest BCUT2D eigenvalue weighted by Crippen LogP contribution is -2.37. The van der Waals surface area contributed by atoms with Gasteiger partial charge in [0.15, 0.2) is 11.5 Å². The highest BCUT2D eigenvalue weighted by Crippen LogP contribution is 2.36. The number of piperidine rings is 1. The van der Waals surface area contributed by atoms with Gasteiger partial charge in [-0.2, -0.15) is 5.10 Å². The van der Waals surface area contributed by atoms with Gasteiger partial charge in [-0.1, -0.05) is 30.3 Å². The summed E-state index contributed by atoms with van der Waals surface area (Å²) in [4.78, 5) is 4.90. The number of hydrogen-bond donors (Lipinski definition) is 0. The first kappa shape index (κ1) is 21.0. The highest BCUT2D eigenvalue weighted by molar-refractivity contribution is 5.67. The summed E-state index contributed by atoms with van der Waals surface area (Å²) < 4.78 is 13.2. The molecule has 3 aromatic rings. The topological polar surface area (TPSA) is 42.8 Å². The fourth-order valence-electron chi connectivity index (χ4n) is 4.94. The van der Waals surface area contributed by atoms with Crippen molar-refractivity contribution in [2.24, 2.45) is 5.92 Å². The molecule has 0 aliphatic carbocycles. The van der Waals surface area contributed by atoms with Crippen LogP contribution in [0.2, 0.25) is 0 Å². The van der Waals surface area contributed by atoms with Gasteiger partial charge >= 0.3 is 0 Å². The van der Waals surface area contributed by atoms with E-state index in [2.05, 4.69) is 71.2 Å². The van der Waals surface area contributed by atoms with Crippen molar-refractivity contribution >= 4 is 0 Å². The lowest BCUT2D eigenvalue weighted by molar-refractivity contribution is 0.164. The monoisotopic (exact) mass is 432 g/mol. The van der Waals surface area contributed by atoms with Crippen LogP contribution in [0.25, 0.3) is 11.3 Å². The van der Waals surface area contributed by atoms with Gasteiger partial charge in [0, 0.05) is 37.0 Å². The van der Waals surface area contributed by atoms with Crippen molar-refractivity contribution in [2.75, 3.05) is 40.5 Å². The van der Waals surface area contributed by atoms with Crippen LogP contribution in [-0.4, -0.2) is 60.1 Å². The standard InChI is InChI=1S/C26H32N4O2/c1-28-12-6-9-21(14-28)15-29(2)17-23-18-30(16-20-7-4-3-5-8-20)27-26(23)22-10-11-24-25(13-22)32-19-31-24/h3-5,7-8,10-11,13,18,21H,6,9,12,14-17,19H2,1-2H3/t21-/m0/s1. The minimum Gasteiger partial charge on any atom is -0.454 e. The van der Waals surface area contributed by atoms with Gasteiger partial charge in [0.2, 0.25) is 6.79 Å². The van der Waals surface area contributed by atoms with Crippen molar-refractivity contribution < 1.29 is 9.47 Å². The summed E-state index contributed by atoms with van der Waals surface area (Å²) in [6, 6.07) is 16.6. The Bertz CT molecular complexity index is 1050. The van der Waals surface area contributed by atoms with Crippen molar-refractivity contribution in [3.05, 3.63) is 65.9 Å². The van der Waals surface area contributed by atoms with E-state index in [9.17, 15) is 0 Å². The SMILES string of the molecule is CN1CCC[C@H](CN(C)Cc2cn(Cc3ccccc3)nc2-c2ccc3c(c2)OCO3)C1. The maximum atomic E-state index is 5.62. The van der Waals surface area contributed by atoms with E-state index in [1.165, 1.54) is 37.1 Å². The highest BCUT2D eigenvalue weighted by Gasteiger charge is 2.21. The average molecular weight is 433 g/mol. The Labute approximate surface area is 190 Å². The van der Waals surface area contributed by atoms with Crippen LogP contribution in [0.1, 0.15) is 24.0 Å². The van der Waals surface area contributed by atoms with E-state index < -0.39 is 0 Å². The zero-order valence-electron chi connectivity index (χ0n) is 19.0. The predicted molar refractivity (Wildman–Crippen MR) is 126 cm³/mol. The van der Waals surface area contributed by atoms with Crippen LogP contribution in [0.5, 0.6) is 11.5 Å². The number of aromatic nitrogens is 2. The predicted octanol–water partition coefficient (Wildman–Crippen LogP) is 4.10. The molecule has 1 atom stereocenters. The molecule has 1 aromatic heterocycles. The van der Waals surface area contributed by atoms with Crippen LogP contribution < -0.4 is 9.47 Å². The molecule has 0 radical (unpaired) electrons. The Morgan fingerprint density at radius 3 is 2.78 bits per heavy atom. The average Bonchev–Trinajstić information content (AvgIpc) is 3.40. The molecule has 0 bridgehead atoms. The maximum Gasteiger partial charge on any atom is 0.231 e. The van der Waals surface area contributed by atoms with Crippen LogP contribution in [0.15, 0.2) is 54.7 Å². The van der Waals surface area contributed by atoms with Crippen molar-refractivity contribution in [2.45, 2.75) is 25.9 Å². The first-order valence-electron chi connectivity index (χ1n) is 11.5. The molecule has 1 saturated heterocycles. The van der Waals surface area contributed by atoms with Gasteiger partial charge in [-0.25, -0.2) is 0 Å². The number of nitrogens with zero attached hydrogens (tertiary/aromatic N) is 4. The third kappa shape index (κ3) is 4.81. The molecule has 0 N–H and O–H groups in total. The smallest absolute Gasteiger partial charge is 0.231 e. The minimum atomic E-state index is 0.284. The van der Waals surface area contributed by atoms with Gasteiger partial charge in [-0.15, -0.1) is 0 Å². The third-order valence-corrected chi connectivity index (χ3v) is 6.40. The summed E-state index contributed by atoms with van der Waals surface area (Å²) in [7, 11) is 4.46. The van der Waals surface area contributed by atoms with Gasteiger partial charge in [0.1, 0.15) is 0 Å². The number of fused-ring (bicyclic) bond motifs is 1. The lowest BCUT2D eigenvalue weighted by atomic mass is 9.98. The summed E-state index contributed by atoms with van der Waals surface area (Å²) >= 11 is 0. The summed E-state index contributed by atoms with van der Waals surface area (Å²) in [5.41, 5.74) is 4.58. The number of benzene rings is 2. The fraction of sp³-hybridized carbons (Fsp3) is 0.423. The maximum absolute atomic E-state index is 5.62. The second-order valence-electron chi connectivity index (χ2n) is 9.22. The number of likely N-dealkylation sites (tertiary alicyclic amines) is 1. The summed E-state index contributed by atoms with van der Waals surface area (Å²) in [5.74, 6) is 2.33. The van der Waals surface area contributed by atoms with E-state index in [0.29, 0.717) is 0 Å². The second-order valence-corrected chi connectivity index (χ2v) is 9.22. The molecule has 2 aromatic carbocycles. The molecule has 2 aliphatic rings. The van der Waals surface area contributed by atoms with Crippen LogP contribution in [0.3, 0.4) is 0 Å². The first-order chi connectivity index (χ1) is 15.6. The van der Waals surface area contributed by atoms with Crippen molar-refractivity contribution in [1.29, 1.82) is 0 Å².